The Labute approximate surface area is 148 Å². The second-order valence-corrected chi connectivity index (χ2v) is 7.30. The van der Waals surface area contributed by atoms with E-state index in [1.807, 2.05) is 0 Å². The van der Waals surface area contributed by atoms with Crippen molar-refractivity contribution in [2.24, 2.45) is 0 Å². The van der Waals surface area contributed by atoms with Crippen LogP contribution in [0.15, 0.2) is 36.4 Å². The Morgan fingerprint density at radius 1 is 1.08 bits per heavy atom. The molecule has 24 heavy (non-hydrogen) atoms. The van der Waals surface area contributed by atoms with Gasteiger partial charge in [-0.15, -0.1) is 11.3 Å². The van der Waals surface area contributed by atoms with E-state index in [0.29, 0.717) is 0 Å². The van der Waals surface area contributed by atoms with Gasteiger partial charge in [0.25, 0.3) is 0 Å². The fourth-order valence-electron chi connectivity index (χ4n) is 3.17. The van der Waals surface area contributed by atoms with Gasteiger partial charge in [0.1, 0.15) is 6.61 Å². The molecule has 0 aliphatic carbocycles. The van der Waals surface area contributed by atoms with Gasteiger partial charge < -0.3 is 10.0 Å². The number of rotatable bonds is 3. The molecule has 0 atom stereocenters. The van der Waals surface area contributed by atoms with E-state index in [0.717, 1.165) is 37.6 Å². The number of anilines is 1. The van der Waals surface area contributed by atoms with E-state index in [9.17, 15) is 0 Å². The fraction of sp³-hybridized carbons (Fsp3) is 0.400. The topological polar surface area (TPSA) is 26.7 Å². The van der Waals surface area contributed by atoms with Crippen molar-refractivity contribution >= 4 is 17.0 Å². The van der Waals surface area contributed by atoms with Crippen molar-refractivity contribution < 1.29 is 5.11 Å². The van der Waals surface area contributed by atoms with Gasteiger partial charge in [0.15, 0.2) is 0 Å². The first kappa shape index (κ1) is 17.0. The van der Waals surface area contributed by atoms with Crippen LogP contribution in [0.2, 0.25) is 0 Å². The Hall–Kier alpha value is -1.80. The van der Waals surface area contributed by atoms with E-state index in [1.54, 1.807) is 11.3 Å². The predicted octanol–water partition coefficient (Wildman–Crippen LogP) is 3.11. The maximum absolute atomic E-state index is 8.78. The van der Waals surface area contributed by atoms with Crippen molar-refractivity contribution in [3.8, 4) is 11.8 Å². The highest BCUT2D eigenvalue weighted by Crippen LogP contribution is 2.22. The van der Waals surface area contributed by atoms with Gasteiger partial charge in [0, 0.05) is 43.3 Å². The van der Waals surface area contributed by atoms with Gasteiger partial charge in [-0.3, -0.25) is 4.90 Å². The summed E-state index contributed by atoms with van der Waals surface area (Å²) in [5.74, 6) is 5.71. The molecule has 0 radical (unpaired) electrons. The number of hydrogen-bond acceptors (Lipinski definition) is 4. The highest BCUT2D eigenvalue weighted by atomic mass is 32.1. The van der Waals surface area contributed by atoms with Gasteiger partial charge in [-0.05, 0) is 37.1 Å². The van der Waals surface area contributed by atoms with E-state index in [2.05, 4.69) is 65.0 Å². The first-order valence-corrected chi connectivity index (χ1v) is 9.29. The molecule has 3 rings (SSSR count). The van der Waals surface area contributed by atoms with Crippen molar-refractivity contribution in [3.05, 3.63) is 51.7 Å². The molecule has 4 heteroatoms. The third-order valence-corrected chi connectivity index (χ3v) is 5.36. The lowest BCUT2D eigenvalue weighted by Gasteiger charge is -2.25. The molecule has 126 valence electrons. The van der Waals surface area contributed by atoms with Crippen LogP contribution < -0.4 is 4.90 Å². The predicted molar refractivity (Wildman–Crippen MR) is 102 cm³/mol. The van der Waals surface area contributed by atoms with Crippen molar-refractivity contribution in [1.29, 1.82) is 0 Å². The third kappa shape index (κ3) is 4.39. The summed E-state index contributed by atoms with van der Waals surface area (Å²) in [4.78, 5) is 7.44. The minimum atomic E-state index is -0.0753. The number of benzene rings is 1. The molecule has 2 heterocycles. The normalized spacial score (nSPS) is 15.7. The molecule has 1 aliphatic heterocycles. The smallest absolute Gasteiger partial charge is 0.104 e. The SMILES string of the molecule is Cc1ccccc1N1CCCN(Cc2ccc(C#CCO)s2)CC1. The molecule has 0 spiro atoms. The van der Waals surface area contributed by atoms with Crippen LogP contribution in [0.25, 0.3) is 0 Å². The highest BCUT2D eigenvalue weighted by Gasteiger charge is 2.16. The van der Waals surface area contributed by atoms with Gasteiger partial charge in [0.2, 0.25) is 0 Å². The Morgan fingerprint density at radius 2 is 1.96 bits per heavy atom. The lowest BCUT2D eigenvalue weighted by molar-refractivity contribution is 0.288. The molecule has 2 aromatic rings. The quantitative estimate of drug-likeness (QED) is 0.870. The molecule has 0 bridgehead atoms. The Kier molecular flexibility index (Phi) is 5.92. The van der Waals surface area contributed by atoms with Crippen LogP contribution in [0.4, 0.5) is 5.69 Å². The van der Waals surface area contributed by atoms with E-state index in [-0.39, 0.29) is 6.61 Å². The second-order valence-electron chi connectivity index (χ2n) is 6.13. The van der Waals surface area contributed by atoms with Crippen LogP contribution in [-0.4, -0.2) is 42.8 Å². The van der Waals surface area contributed by atoms with Gasteiger partial charge in [-0.25, -0.2) is 0 Å². The van der Waals surface area contributed by atoms with E-state index in [4.69, 9.17) is 5.11 Å². The van der Waals surface area contributed by atoms with Crippen molar-refractivity contribution in [1.82, 2.24) is 4.90 Å². The molecule has 0 saturated carbocycles. The summed E-state index contributed by atoms with van der Waals surface area (Å²) >= 11 is 1.73. The minimum absolute atomic E-state index is 0.0753. The number of aliphatic hydroxyl groups is 1. The summed E-state index contributed by atoms with van der Waals surface area (Å²) in [6.07, 6.45) is 1.19. The van der Waals surface area contributed by atoms with Crippen LogP contribution >= 0.6 is 11.3 Å². The Bertz CT molecular complexity index is 728. The summed E-state index contributed by atoms with van der Waals surface area (Å²) in [6.45, 7) is 7.54. The number of thiophene rings is 1. The standard InChI is InChI=1S/C20H24N2OS/c1-17-6-2-3-8-20(17)22-12-5-11-21(13-14-22)16-19-10-9-18(24-19)7-4-15-23/h2-3,6,8-10,23H,5,11-16H2,1H3. The molecule has 0 amide bonds. The van der Waals surface area contributed by atoms with Crippen LogP contribution in [-0.2, 0) is 6.54 Å². The largest absolute Gasteiger partial charge is 0.384 e. The minimum Gasteiger partial charge on any atom is -0.384 e. The van der Waals surface area contributed by atoms with E-state index in [1.165, 1.54) is 22.5 Å². The second kappa shape index (κ2) is 8.34. The average molecular weight is 340 g/mol. The Balaban J connectivity index is 1.59. The molecule has 1 fully saturated rings. The van der Waals surface area contributed by atoms with E-state index < -0.39 is 0 Å². The average Bonchev–Trinajstić information content (AvgIpc) is 2.90. The number of aliphatic hydroxyl groups excluding tert-OH is 1. The lowest BCUT2D eigenvalue weighted by atomic mass is 10.2. The molecule has 1 aromatic heterocycles. The zero-order valence-corrected chi connectivity index (χ0v) is 15.0. The number of hydrogen-bond donors (Lipinski definition) is 1. The van der Waals surface area contributed by atoms with Crippen molar-refractivity contribution in [3.63, 3.8) is 0 Å². The summed E-state index contributed by atoms with van der Waals surface area (Å²) in [6, 6.07) is 12.9. The van der Waals surface area contributed by atoms with Crippen molar-refractivity contribution in [2.75, 3.05) is 37.7 Å². The number of nitrogens with zero attached hydrogens (tertiary/aromatic N) is 2. The van der Waals surface area contributed by atoms with Crippen LogP contribution in [0, 0.1) is 18.8 Å². The molecule has 3 nitrogen and oxygen atoms in total. The highest BCUT2D eigenvalue weighted by molar-refractivity contribution is 7.12. The van der Waals surface area contributed by atoms with Gasteiger partial charge >= 0.3 is 0 Å². The molecule has 0 unspecified atom stereocenters. The van der Waals surface area contributed by atoms with Crippen LogP contribution in [0.1, 0.15) is 21.7 Å². The van der Waals surface area contributed by atoms with Gasteiger partial charge in [-0.1, -0.05) is 30.0 Å². The summed E-state index contributed by atoms with van der Waals surface area (Å²) in [5.41, 5.74) is 2.73. The molecule has 1 saturated heterocycles. The lowest BCUT2D eigenvalue weighted by Crippen LogP contribution is -2.30. The molecular weight excluding hydrogens is 316 g/mol. The number of para-hydroxylation sites is 1. The summed E-state index contributed by atoms with van der Waals surface area (Å²) < 4.78 is 0. The number of aryl methyl sites for hydroxylation is 1. The summed E-state index contributed by atoms with van der Waals surface area (Å²) in [7, 11) is 0. The fourth-order valence-corrected chi connectivity index (χ4v) is 4.09. The van der Waals surface area contributed by atoms with Gasteiger partial charge in [-0.2, -0.15) is 0 Å². The zero-order valence-electron chi connectivity index (χ0n) is 14.2. The first-order chi connectivity index (χ1) is 11.8. The van der Waals surface area contributed by atoms with Crippen LogP contribution in [0.5, 0.6) is 0 Å². The molecule has 1 aliphatic rings. The molecule has 1 N–H and O–H groups in total. The first-order valence-electron chi connectivity index (χ1n) is 8.47. The maximum atomic E-state index is 8.78. The van der Waals surface area contributed by atoms with Gasteiger partial charge in [0.05, 0.1) is 4.88 Å². The monoisotopic (exact) mass is 340 g/mol. The molecule has 1 aromatic carbocycles. The zero-order chi connectivity index (χ0) is 16.8. The molecular formula is C20H24N2OS. The van der Waals surface area contributed by atoms with E-state index >= 15 is 0 Å². The van der Waals surface area contributed by atoms with Crippen molar-refractivity contribution in [2.45, 2.75) is 19.9 Å². The Morgan fingerprint density at radius 3 is 2.79 bits per heavy atom. The summed E-state index contributed by atoms with van der Waals surface area (Å²) in [5, 5.41) is 8.78. The van der Waals surface area contributed by atoms with Crippen LogP contribution in [0.3, 0.4) is 0 Å². The maximum Gasteiger partial charge on any atom is 0.104 e. The third-order valence-electron chi connectivity index (χ3n) is 4.38.